The molecule has 1 aromatic rings. The predicted octanol–water partition coefficient (Wildman–Crippen LogP) is 2.48. The van der Waals surface area contributed by atoms with Crippen LogP contribution < -0.4 is 10.6 Å². The second-order valence-electron chi connectivity index (χ2n) is 4.51. The molecule has 16 heavy (non-hydrogen) atoms. The Kier molecular flexibility index (Phi) is 3.78. The van der Waals surface area contributed by atoms with Crippen LogP contribution in [0.3, 0.4) is 0 Å². The third-order valence-corrected chi connectivity index (χ3v) is 3.32. The smallest absolute Gasteiger partial charge is 0.128 e. The molecule has 0 radical (unpaired) electrons. The van der Waals surface area contributed by atoms with E-state index >= 15 is 0 Å². The minimum atomic E-state index is 0.128. The van der Waals surface area contributed by atoms with E-state index in [2.05, 4.69) is 28.9 Å². The predicted molar refractivity (Wildman–Crippen MR) is 67.5 cm³/mol. The van der Waals surface area contributed by atoms with Crippen molar-refractivity contribution >= 4 is 5.82 Å². The molecule has 0 saturated carbocycles. The van der Waals surface area contributed by atoms with Crippen LogP contribution in [-0.4, -0.2) is 18.1 Å². The van der Waals surface area contributed by atoms with Gasteiger partial charge in [-0.1, -0.05) is 13.0 Å². The third kappa shape index (κ3) is 2.53. The van der Waals surface area contributed by atoms with Crippen LogP contribution in [0.25, 0.3) is 0 Å². The lowest BCUT2D eigenvalue weighted by molar-refractivity contribution is 0.573. The minimum absolute atomic E-state index is 0.128. The van der Waals surface area contributed by atoms with Crippen LogP contribution in [0.1, 0.15) is 44.2 Å². The summed E-state index contributed by atoms with van der Waals surface area (Å²) in [5.74, 6) is 1.10. The summed E-state index contributed by atoms with van der Waals surface area (Å²) in [5, 5.41) is 0. The van der Waals surface area contributed by atoms with Crippen LogP contribution in [0.2, 0.25) is 0 Å². The summed E-state index contributed by atoms with van der Waals surface area (Å²) < 4.78 is 0. The number of piperidine rings is 1. The van der Waals surface area contributed by atoms with Crippen molar-refractivity contribution in [2.75, 3.05) is 18.0 Å². The van der Waals surface area contributed by atoms with Crippen molar-refractivity contribution in [2.24, 2.45) is 5.73 Å². The molecule has 1 aliphatic heterocycles. The van der Waals surface area contributed by atoms with Gasteiger partial charge in [0.25, 0.3) is 0 Å². The SMILES string of the molecule is CC[C@H](N)c1ccc(N2CCCCC2)nc1. The Bertz CT molecular complexity index is 314. The Morgan fingerprint density at radius 2 is 2.06 bits per heavy atom. The Hall–Kier alpha value is -1.09. The zero-order chi connectivity index (χ0) is 11.4. The van der Waals surface area contributed by atoms with Crippen LogP contribution in [0.15, 0.2) is 18.3 Å². The van der Waals surface area contributed by atoms with Gasteiger partial charge in [-0.05, 0) is 37.3 Å². The van der Waals surface area contributed by atoms with Crippen LogP contribution >= 0.6 is 0 Å². The first-order valence-corrected chi connectivity index (χ1v) is 6.27. The molecule has 1 aromatic heterocycles. The molecule has 1 saturated heterocycles. The van der Waals surface area contributed by atoms with Crippen molar-refractivity contribution in [3.8, 4) is 0 Å². The molecule has 1 atom stereocenters. The molecule has 88 valence electrons. The molecular formula is C13H21N3. The van der Waals surface area contributed by atoms with Gasteiger partial charge in [0, 0.05) is 25.3 Å². The maximum absolute atomic E-state index is 5.97. The van der Waals surface area contributed by atoms with E-state index in [-0.39, 0.29) is 6.04 Å². The molecule has 2 heterocycles. The average molecular weight is 219 g/mol. The minimum Gasteiger partial charge on any atom is -0.357 e. The van der Waals surface area contributed by atoms with Crippen molar-refractivity contribution in [3.63, 3.8) is 0 Å². The van der Waals surface area contributed by atoms with Crippen molar-refractivity contribution < 1.29 is 0 Å². The van der Waals surface area contributed by atoms with E-state index in [1.807, 2.05) is 6.20 Å². The highest BCUT2D eigenvalue weighted by Crippen LogP contribution is 2.19. The number of rotatable bonds is 3. The zero-order valence-electron chi connectivity index (χ0n) is 10.0. The normalized spacial score (nSPS) is 18.5. The molecule has 3 heteroatoms. The first kappa shape index (κ1) is 11.4. The van der Waals surface area contributed by atoms with Gasteiger partial charge in [0.05, 0.1) is 0 Å². The number of hydrogen-bond acceptors (Lipinski definition) is 3. The molecule has 2 rings (SSSR count). The van der Waals surface area contributed by atoms with Gasteiger partial charge >= 0.3 is 0 Å². The second kappa shape index (κ2) is 5.30. The first-order valence-electron chi connectivity index (χ1n) is 6.27. The van der Waals surface area contributed by atoms with Gasteiger partial charge in [0.1, 0.15) is 5.82 Å². The van der Waals surface area contributed by atoms with Crippen molar-refractivity contribution in [3.05, 3.63) is 23.9 Å². The number of aromatic nitrogens is 1. The molecule has 0 aliphatic carbocycles. The van der Waals surface area contributed by atoms with Crippen molar-refractivity contribution in [1.29, 1.82) is 0 Å². The molecule has 0 unspecified atom stereocenters. The van der Waals surface area contributed by atoms with Crippen LogP contribution in [0.4, 0.5) is 5.82 Å². The number of nitrogens with zero attached hydrogens (tertiary/aromatic N) is 2. The summed E-state index contributed by atoms with van der Waals surface area (Å²) in [5.41, 5.74) is 7.11. The van der Waals surface area contributed by atoms with E-state index in [1.54, 1.807) is 0 Å². The average Bonchev–Trinajstić information content (AvgIpc) is 2.39. The van der Waals surface area contributed by atoms with E-state index in [0.29, 0.717) is 0 Å². The van der Waals surface area contributed by atoms with E-state index < -0.39 is 0 Å². The molecule has 1 fully saturated rings. The Balaban J connectivity index is 2.06. The lowest BCUT2D eigenvalue weighted by Gasteiger charge is -2.27. The van der Waals surface area contributed by atoms with Gasteiger partial charge in [-0.3, -0.25) is 0 Å². The maximum atomic E-state index is 5.97. The molecule has 0 bridgehead atoms. The zero-order valence-corrected chi connectivity index (χ0v) is 10.0. The molecule has 0 aromatic carbocycles. The Morgan fingerprint density at radius 1 is 1.31 bits per heavy atom. The summed E-state index contributed by atoms with van der Waals surface area (Å²) in [7, 11) is 0. The summed E-state index contributed by atoms with van der Waals surface area (Å²) in [6.07, 6.45) is 6.83. The Labute approximate surface area is 97.7 Å². The van der Waals surface area contributed by atoms with E-state index in [1.165, 1.54) is 19.3 Å². The van der Waals surface area contributed by atoms with Crippen molar-refractivity contribution in [1.82, 2.24) is 4.98 Å². The monoisotopic (exact) mass is 219 g/mol. The van der Waals surface area contributed by atoms with Gasteiger partial charge < -0.3 is 10.6 Å². The number of anilines is 1. The van der Waals surface area contributed by atoms with Gasteiger partial charge in [-0.25, -0.2) is 4.98 Å². The van der Waals surface area contributed by atoms with Crippen molar-refractivity contribution in [2.45, 2.75) is 38.6 Å². The topological polar surface area (TPSA) is 42.1 Å². The summed E-state index contributed by atoms with van der Waals surface area (Å²) in [6, 6.07) is 4.35. The van der Waals surface area contributed by atoms with Gasteiger partial charge in [0.15, 0.2) is 0 Å². The lowest BCUT2D eigenvalue weighted by Crippen LogP contribution is -2.30. The largest absolute Gasteiger partial charge is 0.357 e. The molecule has 0 amide bonds. The summed E-state index contributed by atoms with van der Waals surface area (Å²) >= 11 is 0. The molecule has 2 N–H and O–H groups in total. The van der Waals surface area contributed by atoms with E-state index in [0.717, 1.165) is 30.9 Å². The first-order chi connectivity index (χ1) is 7.81. The fourth-order valence-corrected chi connectivity index (χ4v) is 2.16. The second-order valence-corrected chi connectivity index (χ2v) is 4.51. The molecule has 3 nitrogen and oxygen atoms in total. The molecular weight excluding hydrogens is 198 g/mol. The fourth-order valence-electron chi connectivity index (χ4n) is 2.16. The van der Waals surface area contributed by atoms with E-state index in [9.17, 15) is 0 Å². The highest BCUT2D eigenvalue weighted by atomic mass is 15.2. The highest BCUT2D eigenvalue weighted by molar-refractivity contribution is 5.40. The quantitative estimate of drug-likeness (QED) is 0.849. The summed E-state index contributed by atoms with van der Waals surface area (Å²) in [4.78, 5) is 6.88. The highest BCUT2D eigenvalue weighted by Gasteiger charge is 2.12. The number of hydrogen-bond donors (Lipinski definition) is 1. The van der Waals surface area contributed by atoms with Crippen LogP contribution in [0.5, 0.6) is 0 Å². The molecule has 1 aliphatic rings. The summed E-state index contributed by atoms with van der Waals surface area (Å²) in [6.45, 7) is 4.39. The fraction of sp³-hybridized carbons (Fsp3) is 0.615. The van der Waals surface area contributed by atoms with Gasteiger partial charge in [-0.15, -0.1) is 0 Å². The number of pyridine rings is 1. The molecule has 0 spiro atoms. The lowest BCUT2D eigenvalue weighted by atomic mass is 10.1. The van der Waals surface area contributed by atoms with Crippen LogP contribution in [0, 0.1) is 0 Å². The third-order valence-electron chi connectivity index (χ3n) is 3.32. The Morgan fingerprint density at radius 3 is 2.62 bits per heavy atom. The van der Waals surface area contributed by atoms with Gasteiger partial charge in [-0.2, -0.15) is 0 Å². The van der Waals surface area contributed by atoms with E-state index in [4.69, 9.17) is 5.73 Å². The van der Waals surface area contributed by atoms with Gasteiger partial charge in [0.2, 0.25) is 0 Å². The standard InChI is InChI=1S/C13H21N3/c1-2-12(14)11-6-7-13(15-10-11)16-8-4-3-5-9-16/h6-7,10,12H,2-5,8-9,14H2,1H3/t12-/m0/s1. The van der Waals surface area contributed by atoms with Crippen LogP contribution in [-0.2, 0) is 0 Å². The maximum Gasteiger partial charge on any atom is 0.128 e. The number of nitrogens with two attached hydrogens (primary N) is 1.